The van der Waals surface area contributed by atoms with Gasteiger partial charge in [-0.25, -0.2) is 4.98 Å². The van der Waals surface area contributed by atoms with Gasteiger partial charge in [0, 0.05) is 22.8 Å². The number of nitrogens with zero attached hydrogens (tertiary/aromatic N) is 1. The molecule has 0 spiro atoms. The summed E-state index contributed by atoms with van der Waals surface area (Å²) in [4.78, 5) is 4.88. The molecule has 1 aromatic heterocycles. The van der Waals surface area contributed by atoms with Gasteiger partial charge in [-0.1, -0.05) is 41.5 Å². The van der Waals surface area contributed by atoms with Crippen LogP contribution in [-0.4, -0.2) is 17.1 Å². The zero-order chi connectivity index (χ0) is 14.3. The van der Waals surface area contributed by atoms with Crippen molar-refractivity contribution in [3.63, 3.8) is 0 Å². The van der Waals surface area contributed by atoms with Crippen LogP contribution in [0.25, 0.3) is 0 Å². The lowest BCUT2D eigenvalue weighted by molar-refractivity contribution is 0.159. The summed E-state index contributed by atoms with van der Waals surface area (Å²) in [6.45, 7) is 14.9. The second kappa shape index (κ2) is 4.85. The maximum absolute atomic E-state index is 4.88. The summed E-state index contributed by atoms with van der Waals surface area (Å²) in [6.07, 6.45) is 3.62. The molecule has 1 aliphatic rings. The van der Waals surface area contributed by atoms with Crippen LogP contribution < -0.4 is 5.32 Å². The van der Waals surface area contributed by atoms with Crippen molar-refractivity contribution in [2.75, 3.05) is 6.54 Å². The fraction of sp³-hybridized carbons (Fsp3) is 0.812. The monoisotopic (exact) mass is 280 g/mol. The van der Waals surface area contributed by atoms with Crippen LogP contribution in [0.5, 0.6) is 0 Å². The van der Waals surface area contributed by atoms with Crippen molar-refractivity contribution < 1.29 is 0 Å². The lowest BCUT2D eigenvalue weighted by atomic mass is 9.71. The van der Waals surface area contributed by atoms with Gasteiger partial charge in [-0.2, -0.15) is 0 Å². The maximum Gasteiger partial charge on any atom is 0.0947 e. The first kappa shape index (κ1) is 15.0. The van der Waals surface area contributed by atoms with E-state index in [-0.39, 0.29) is 16.4 Å². The first-order chi connectivity index (χ1) is 8.64. The van der Waals surface area contributed by atoms with Crippen molar-refractivity contribution in [2.24, 2.45) is 5.41 Å². The summed E-state index contributed by atoms with van der Waals surface area (Å²) < 4.78 is 0. The molecular formula is C16H28N2S. The van der Waals surface area contributed by atoms with E-state index >= 15 is 0 Å². The average Bonchev–Trinajstić information content (AvgIpc) is 2.85. The Bertz CT molecular complexity index is 428. The molecule has 1 aromatic rings. The standard InChI is InChI=1S/C16H28N2S/c1-14(2,3)12-11-19-13(18-12)10-16(15(4,5)6)8-7-9-17-16/h11,17H,7-10H2,1-6H3. The second-order valence-corrected chi connectivity index (χ2v) is 8.86. The molecule has 2 rings (SSSR count). The normalized spacial score (nSPS) is 24.9. The lowest BCUT2D eigenvalue weighted by Crippen LogP contribution is -2.52. The van der Waals surface area contributed by atoms with E-state index in [1.807, 2.05) is 11.3 Å². The van der Waals surface area contributed by atoms with Gasteiger partial charge in [-0.05, 0) is 24.8 Å². The maximum atomic E-state index is 4.88. The van der Waals surface area contributed by atoms with Crippen molar-refractivity contribution >= 4 is 11.3 Å². The Labute approximate surface area is 122 Å². The van der Waals surface area contributed by atoms with E-state index in [0.29, 0.717) is 0 Å². The molecule has 0 aliphatic carbocycles. The number of hydrogen-bond donors (Lipinski definition) is 1. The molecule has 1 saturated heterocycles. The number of hydrogen-bond acceptors (Lipinski definition) is 3. The molecule has 0 bridgehead atoms. The van der Waals surface area contributed by atoms with Crippen molar-refractivity contribution in [3.05, 3.63) is 16.1 Å². The minimum absolute atomic E-state index is 0.159. The Morgan fingerprint density at radius 3 is 2.37 bits per heavy atom. The molecule has 108 valence electrons. The molecule has 1 N–H and O–H groups in total. The predicted molar refractivity (Wildman–Crippen MR) is 83.9 cm³/mol. The summed E-state index contributed by atoms with van der Waals surface area (Å²) in [7, 11) is 0. The van der Waals surface area contributed by atoms with E-state index in [1.54, 1.807) is 0 Å². The number of thiazole rings is 1. The van der Waals surface area contributed by atoms with Crippen LogP contribution >= 0.6 is 11.3 Å². The third-order valence-corrected chi connectivity index (χ3v) is 5.30. The van der Waals surface area contributed by atoms with Crippen LogP contribution in [0, 0.1) is 5.41 Å². The van der Waals surface area contributed by atoms with E-state index in [2.05, 4.69) is 52.2 Å². The Hall–Kier alpha value is -0.410. The zero-order valence-electron chi connectivity index (χ0n) is 13.3. The Morgan fingerprint density at radius 1 is 1.26 bits per heavy atom. The summed E-state index contributed by atoms with van der Waals surface area (Å²) in [5.41, 5.74) is 1.89. The van der Waals surface area contributed by atoms with E-state index in [0.717, 1.165) is 13.0 Å². The third-order valence-electron chi connectivity index (χ3n) is 4.45. The Kier molecular flexibility index (Phi) is 3.83. The highest BCUT2D eigenvalue weighted by Crippen LogP contribution is 2.40. The first-order valence-electron chi connectivity index (χ1n) is 7.34. The Morgan fingerprint density at radius 2 is 1.95 bits per heavy atom. The molecule has 1 atom stereocenters. The van der Waals surface area contributed by atoms with Gasteiger partial charge in [0.15, 0.2) is 0 Å². The molecule has 0 radical (unpaired) electrons. The fourth-order valence-electron chi connectivity index (χ4n) is 2.86. The van der Waals surface area contributed by atoms with Crippen molar-refractivity contribution in [1.29, 1.82) is 0 Å². The van der Waals surface area contributed by atoms with Crippen LogP contribution in [0.4, 0.5) is 0 Å². The minimum atomic E-state index is 0.159. The van der Waals surface area contributed by atoms with Gasteiger partial charge in [0.1, 0.15) is 0 Å². The topological polar surface area (TPSA) is 24.9 Å². The van der Waals surface area contributed by atoms with Gasteiger partial charge in [0.05, 0.1) is 10.7 Å². The van der Waals surface area contributed by atoms with Gasteiger partial charge in [-0.3, -0.25) is 0 Å². The summed E-state index contributed by atoms with van der Waals surface area (Å²) in [5.74, 6) is 0. The highest BCUT2D eigenvalue weighted by Gasteiger charge is 2.44. The molecule has 3 heteroatoms. The van der Waals surface area contributed by atoms with Gasteiger partial charge in [-0.15, -0.1) is 11.3 Å². The number of aromatic nitrogens is 1. The van der Waals surface area contributed by atoms with E-state index in [9.17, 15) is 0 Å². The largest absolute Gasteiger partial charge is 0.310 e. The van der Waals surface area contributed by atoms with Crippen LogP contribution in [-0.2, 0) is 11.8 Å². The second-order valence-electron chi connectivity index (χ2n) is 7.92. The van der Waals surface area contributed by atoms with E-state index < -0.39 is 0 Å². The molecule has 2 nitrogen and oxygen atoms in total. The quantitative estimate of drug-likeness (QED) is 0.880. The van der Waals surface area contributed by atoms with Gasteiger partial charge in [0.25, 0.3) is 0 Å². The van der Waals surface area contributed by atoms with Gasteiger partial charge >= 0.3 is 0 Å². The molecule has 1 fully saturated rings. The number of nitrogens with one attached hydrogen (secondary N) is 1. The van der Waals surface area contributed by atoms with Gasteiger partial charge < -0.3 is 5.32 Å². The lowest BCUT2D eigenvalue weighted by Gasteiger charge is -2.42. The van der Waals surface area contributed by atoms with E-state index in [4.69, 9.17) is 4.98 Å². The third kappa shape index (κ3) is 3.03. The molecule has 0 aromatic carbocycles. The molecule has 0 amide bonds. The molecule has 1 unspecified atom stereocenters. The van der Waals surface area contributed by atoms with Crippen LogP contribution in [0.1, 0.15) is 65.1 Å². The zero-order valence-corrected chi connectivity index (χ0v) is 14.1. The SMILES string of the molecule is CC(C)(C)c1csc(CC2(C(C)(C)C)CCCN2)n1. The number of rotatable bonds is 2. The minimum Gasteiger partial charge on any atom is -0.310 e. The Balaban J connectivity index is 2.21. The van der Waals surface area contributed by atoms with E-state index in [1.165, 1.54) is 23.5 Å². The molecule has 19 heavy (non-hydrogen) atoms. The van der Waals surface area contributed by atoms with Crippen molar-refractivity contribution in [1.82, 2.24) is 10.3 Å². The van der Waals surface area contributed by atoms with Gasteiger partial charge in [0.2, 0.25) is 0 Å². The molecular weight excluding hydrogens is 252 g/mol. The summed E-state index contributed by atoms with van der Waals surface area (Å²) in [6, 6.07) is 0. The van der Waals surface area contributed by atoms with Crippen molar-refractivity contribution in [3.8, 4) is 0 Å². The highest BCUT2D eigenvalue weighted by atomic mass is 32.1. The summed E-state index contributed by atoms with van der Waals surface area (Å²) >= 11 is 1.83. The van der Waals surface area contributed by atoms with Crippen molar-refractivity contribution in [2.45, 2.75) is 71.8 Å². The van der Waals surface area contributed by atoms with Crippen LogP contribution in [0.3, 0.4) is 0 Å². The predicted octanol–water partition coefficient (Wildman–Crippen LogP) is 4.15. The fourth-order valence-corrected chi connectivity index (χ4v) is 3.99. The average molecular weight is 280 g/mol. The van der Waals surface area contributed by atoms with Crippen LogP contribution in [0.15, 0.2) is 5.38 Å². The first-order valence-corrected chi connectivity index (χ1v) is 8.22. The van der Waals surface area contributed by atoms with Crippen LogP contribution in [0.2, 0.25) is 0 Å². The highest BCUT2D eigenvalue weighted by molar-refractivity contribution is 7.09. The summed E-state index contributed by atoms with van der Waals surface area (Å²) in [5, 5.41) is 7.30. The molecule has 0 saturated carbocycles. The smallest absolute Gasteiger partial charge is 0.0947 e. The molecule has 2 heterocycles. The molecule has 1 aliphatic heterocycles.